The lowest BCUT2D eigenvalue weighted by Crippen LogP contribution is -2.44. The van der Waals surface area contributed by atoms with Crippen LogP contribution in [0.2, 0.25) is 18.1 Å². The van der Waals surface area contributed by atoms with Gasteiger partial charge in [0, 0.05) is 12.1 Å². The van der Waals surface area contributed by atoms with Crippen LogP contribution >= 0.6 is 0 Å². The molecular weight excluding hydrogens is 492 g/mol. The third kappa shape index (κ3) is 11.1. The van der Waals surface area contributed by atoms with Crippen molar-refractivity contribution in [1.29, 1.82) is 0 Å². The molecule has 0 fully saturated rings. The number of hydrogen-bond acceptors (Lipinski definition) is 7. The lowest BCUT2D eigenvalue weighted by atomic mass is 9.95. The number of nitrogens with one attached hydrogen (secondary N) is 1. The van der Waals surface area contributed by atoms with E-state index in [4.69, 9.17) is 13.9 Å². The van der Waals surface area contributed by atoms with E-state index in [0.717, 1.165) is 0 Å². The molecule has 2 atom stereocenters. The minimum atomic E-state index is -2.30. The number of carbonyl (C=O) groups is 2. The Labute approximate surface area is 222 Å². The summed E-state index contributed by atoms with van der Waals surface area (Å²) in [5.74, 6) is -0.665. The zero-order chi connectivity index (χ0) is 29.0. The van der Waals surface area contributed by atoms with Crippen LogP contribution in [0.1, 0.15) is 81.2 Å². The number of ether oxygens (including phenoxy) is 2. The van der Waals surface area contributed by atoms with Crippen LogP contribution in [0, 0.1) is 16.0 Å². The van der Waals surface area contributed by atoms with Crippen LogP contribution in [-0.2, 0) is 20.7 Å². The average Bonchev–Trinajstić information content (AvgIpc) is 2.64. The normalized spacial score (nSPS) is 14.4. The molecule has 0 unspecified atom stereocenters. The predicted molar refractivity (Wildman–Crippen MR) is 147 cm³/mol. The lowest BCUT2D eigenvalue weighted by Gasteiger charge is -2.36. The maximum absolute atomic E-state index is 12.6. The number of hydrogen-bond donors (Lipinski definition) is 1. The molecule has 1 rings (SSSR count). The number of benzene rings is 1. The molecule has 1 aromatic carbocycles. The van der Waals surface area contributed by atoms with Gasteiger partial charge in [0.25, 0.3) is 8.32 Å². The Morgan fingerprint density at radius 3 is 2.00 bits per heavy atom. The predicted octanol–water partition coefficient (Wildman–Crippen LogP) is 6.78. The van der Waals surface area contributed by atoms with E-state index in [9.17, 15) is 19.7 Å². The van der Waals surface area contributed by atoms with Gasteiger partial charge in [-0.1, -0.05) is 33.8 Å². The summed E-state index contributed by atoms with van der Waals surface area (Å²) in [6.07, 6.45) is -0.0983. The standard InChI is InChI=1S/C27H46N2O7Si/c1-18(23(30)34-25(2,3)4)15-20(28-24(31)35-26(5,6)7)16-19-13-14-22(21(17-19)29(32)33)36-37(11,12)27(8,9)10/h13-14,17-18,20H,15-16H2,1-12H3,(H,28,31)/t18-,20-/m1/s1. The first kappa shape index (κ1) is 32.4. The summed E-state index contributed by atoms with van der Waals surface area (Å²) in [6, 6.07) is 4.33. The molecule has 37 heavy (non-hydrogen) atoms. The van der Waals surface area contributed by atoms with Crippen molar-refractivity contribution in [2.24, 2.45) is 5.92 Å². The van der Waals surface area contributed by atoms with Crippen molar-refractivity contribution in [3.8, 4) is 5.75 Å². The van der Waals surface area contributed by atoms with Crippen molar-refractivity contribution in [2.75, 3.05) is 0 Å². The monoisotopic (exact) mass is 538 g/mol. The van der Waals surface area contributed by atoms with E-state index in [0.29, 0.717) is 5.56 Å². The van der Waals surface area contributed by atoms with Crippen LogP contribution < -0.4 is 9.74 Å². The van der Waals surface area contributed by atoms with Crippen molar-refractivity contribution in [1.82, 2.24) is 5.32 Å². The summed E-state index contributed by atoms with van der Waals surface area (Å²) in [5.41, 5.74) is -0.835. The van der Waals surface area contributed by atoms with Crippen molar-refractivity contribution in [3.63, 3.8) is 0 Å². The van der Waals surface area contributed by atoms with Gasteiger partial charge >= 0.3 is 17.7 Å². The van der Waals surface area contributed by atoms with Gasteiger partial charge in [-0.05, 0) is 84.1 Å². The van der Waals surface area contributed by atoms with Gasteiger partial charge < -0.3 is 19.2 Å². The second kappa shape index (κ2) is 11.8. The average molecular weight is 539 g/mol. The number of esters is 1. The summed E-state index contributed by atoms with van der Waals surface area (Å²) >= 11 is 0. The van der Waals surface area contributed by atoms with E-state index in [2.05, 4.69) is 26.1 Å². The first-order valence-corrected chi connectivity index (χ1v) is 15.6. The molecule has 0 saturated heterocycles. The first-order valence-electron chi connectivity index (χ1n) is 12.7. The Morgan fingerprint density at radius 2 is 1.54 bits per heavy atom. The Hall–Kier alpha value is -2.62. The fourth-order valence-electron chi connectivity index (χ4n) is 3.22. The van der Waals surface area contributed by atoms with E-state index in [1.54, 1.807) is 60.6 Å². The van der Waals surface area contributed by atoms with E-state index in [-0.39, 0.29) is 35.3 Å². The number of alkyl carbamates (subject to hydrolysis) is 1. The van der Waals surface area contributed by atoms with Gasteiger partial charge in [0.1, 0.15) is 11.2 Å². The summed E-state index contributed by atoms with van der Waals surface area (Å²) < 4.78 is 17.1. The quantitative estimate of drug-likeness (QED) is 0.159. The highest BCUT2D eigenvalue weighted by atomic mass is 28.4. The number of amides is 1. The zero-order valence-corrected chi connectivity index (χ0v) is 25.6. The van der Waals surface area contributed by atoms with Crippen LogP contribution in [0.25, 0.3) is 0 Å². The van der Waals surface area contributed by atoms with E-state index in [1.807, 2.05) is 13.1 Å². The third-order valence-corrected chi connectivity index (χ3v) is 10.4. The van der Waals surface area contributed by atoms with E-state index in [1.165, 1.54) is 6.07 Å². The molecule has 1 aromatic rings. The molecule has 0 spiro atoms. The van der Waals surface area contributed by atoms with Crippen LogP contribution in [0.4, 0.5) is 10.5 Å². The van der Waals surface area contributed by atoms with Gasteiger partial charge in [-0.3, -0.25) is 14.9 Å². The minimum absolute atomic E-state index is 0.125. The maximum Gasteiger partial charge on any atom is 0.407 e. The lowest BCUT2D eigenvalue weighted by molar-refractivity contribution is -0.385. The van der Waals surface area contributed by atoms with Gasteiger partial charge in [-0.2, -0.15) is 0 Å². The second-order valence-electron chi connectivity index (χ2n) is 13.1. The highest BCUT2D eigenvalue weighted by molar-refractivity contribution is 6.74. The molecule has 1 amide bonds. The Balaban J connectivity index is 3.25. The van der Waals surface area contributed by atoms with Crippen LogP contribution in [0.3, 0.4) is 0 Å². The SMILES string of the molecule is C[C@H](C[C@H](Cc1ccc(O[Si](C)(C)C(C)(C)C)c([N+](=O)[O-])c1)NC(=O)OC(C)(C)C)C(=O)OC(C)(C)C. The fourth-order valence-corrected chi connectivity index (χ4v) is 4.25. The van der Waals surface area contributed by atoms with Crippen molar-refractivity contribution in [2.45, 2.75) is 117 Å². The number of nitro benzene ring substituents is 1. The molecule has 0 radical (unpaired) electrons. The van der Waals surface area contributed by atoms with Gasteiger partial charge in [0.15, 0.2) is 5.75 Å². The van der Waals surface area contributed by atoms with Crippen LogP contribution in [0.5, 0.6) is 5.75 Å². The smallest absolute Gasteiger partial charge is 0.407 e. The Bertz CT molecular complexity index is 972. The maximum atomic E-state index is 12.6. The molecule has 0 aliphatic heterocycles. The van der Waals surface area contributed by atoms with Crippen molar-refractivity contribution in [3.05, 3.63) is 33.9 Å². The molecule has 0 aromatic heterocycles. The molecule has 0 saturated carbocycles. The zero-order valence-electron chi connectivity index (χ0n) is 24.6. The number of nitrogens with zero attached hydrogens (tertiary/aromatic N) is 1. The molecular formula is C27H46N2O7Si. The molecule has 0 bridgehead atoms. The molecule has 210 valence electrons. The van der Waals surface area contributed by atoms with Gasteiger partial charge in [-0.15, -0.1) is 0 Å². The van der Waals surface area contributed by atoms with E-state index < -0.39 is 42.5 Å². The molecule has 0 aliphatic carbocycles. The van der Waals surface area contributed by atoms with Crippen LogP contribution in [0.15, 0.2) is 18.2 Å². The second-order valence-corrected chi connectivity index (χ2v) is 17.9. The summed E-state index contributed by atoms with van der Waals surface area (Å²) in [4.78, 5) is 36.6. The Morgan fingerprint density at radius 1 is 1.00 bits per heavy atom. The molecule has 1 N–H and O–H groups in total. The van der Waals surface area contributed by atoms with Gasteiger partial charge in [-0.25, -0.2) is 4.79 Å². The number of carbonyl (C=O) groups excluding carboxylic acids is 2. The minimum Gasteiger partial charge on any atom is -0.539 e. The number of rotatable bonds is 9. The number of nitro groups is 1. The topological polar surface area (TPSA) is 117 Å². The van der Waals surface area contributed by atoms with Crippen molar-refractivity contribution < 1.29 is 28.4 Å². The Kier molecular flexibility index (Phi) is 10.4. The van der Waals surface area contributed by atoms with Crippen molar-refractivity contribution >= 4 is 26.1 Å². The molecule has 0 heterocycles. The molecule has 0 aliphatic rings. The highest BCUT2D eigenvalue weighted by Gasteiger charge is 2.40. The largest absolute Gasteiger partial charge is 0.539 e. The van der Waals surface area contributed by atoms with Crippen LogP contribution in [-0.4, -0.2) is 42.5 Å². The first-order chi connectivity index (χ1) is 16.5. The molecule has 9 nitrogen and oxygen atoms in total. The molecule has 10 heteroatoms. The summed E-state index contributed by atoms with van der Waals surface area (Å²) in [7, 11) is -2.30. The van der Waals surface area contributed by atoms with E-state index >= 15 is 0 Å². The fraction of sp³-hybridized carbons (Fsp3) is 0.704. The highest BCUT2D eigenvalue weighted by Crippen LogP contribution is 2.40. The van der Waals surface area contributed by atoms with Gasteiger partial charge in [0.05, 0.1) is 10.8 Å². The van der Waals surface area contributed by atoms with Gasteiger partial charge in [0.2, 0.25) is 0 Å². The summed E-state index contributed by atoms with van der Waals surface area (Å²) in [6.45, 7) is 22.7. The summed E-state index contributed by atoms with van der Waals surface area (Å²) in [5, 5.41) is 14.6. The third-order valence-electron chi connectivity index (χ3n) is 6.04.